The van der Waals surface area contributed by atoms with Gasteiger partial charge in [-0.3, -0.25) is 0 Å². The smallest absolute Gasteiger partial charge is 0.338 e. The molecule has 0 fully saturated rings. The highest BCUT2D eigenvalue weighted by atomic mass is 127. The van der Waals surface area contributed by atoms with Gasteiger partial charge in [-0.2, -0.15) is 0 Å². The van der Waals surface area contributed by atoms with Gasteiger partial charge in [0.15, 0.2) is 0 Å². The Balaban J connectivity index is 1.53. The van der Waals surface area contributed by atoms with Crippen LogP contribution < -0.4 is 0 Å². The zero-order valence-corrected chi connectivity index (χ0v) is 19.1. The van der Waals surface area contributed by atoms with E-state index in [1.165, 1.54) is 12.1 Å². The normalized spacial score (nSPS) is 10.8. The highest BCUT2D eigenvalue weighted by Gasteiger charge is 2.11. The summed E-state index contributed by atoms with van der Waals surface area (Å²) in [6.45, 7) is 0.195. The second-order valence-corrected chi connectivity index (χ2v) is 8.67. The maximum Gasteiger partial charge on any atom is 0.338 e. The number of carboxylic acids is 1. The molecular formula is C26H19IO5. The largest absolute Gasteiger partial charge is 0.508 e. The molecule has 0 bridgehead atoms. The maximum absolute atomic E-state index is 12.5. The Kier molecular flexibility index (Phi) is 6.41. The van der Waals surface area contributed by atoms with Crippen LogP contribution in [0.2, 0.25) is 0 Å². The minimum Gasteiger partial charge on any atom is -0.508 e. The SMILES string of the molecule is O=C(O)c1ccc(Cc2cc3cc(C(=O)OCc4ccc(I)cc4)ccc3cc2O)cc1. The number of aromatic carboxylic acids is 1. The monoisotopic (exact) mass is 538 g/mol. The molecule has 5 nitrogen and oxygen atoms in total. The molecule has 0 spiro atoms. The molecule has 0 heterocycles. The number of esters is 1. The van der Waals surface area contributed by atoms with Crippen molar-refractivity contribution in [3.05, 3.63) is 110 Å². The van der Waals surface area contributed by atoms with Crippen LogP contribution in [-0.2, 0) is 17.8 Å². The molecular weight excluding hydrogens is 519 g/mol. The van der Waals surface area contributed by atoms with Gasteiger partial charge in [-0.15, -0.1) is 0 Å². The van der Waals surface area contributed by atoms with Crippen LogP contribution in [0.15, 0.2) is 78.9 Å². The van der Waals surface area contributed by atoms with E-state index in [1.54, 1.807) is 36.4 Å². The van der Waals surface area contributed by atoms with Crippen molar-refractivity contribution in [2.75, 3.05) is 0 Å². The average Bonchev–Trinajstić information content (AvgIpc) is 2.79. The van der Waals surface area contributed by atoms with E-state index < -0.39 is 11.9 Å². The molecule has 4 aromatic rings. The predicted octanol–water partition coefficient (Wildman–Crippen LogP) is 5.80. The van der Waals surface area contributed by atoms with Crippen molar-refractivity contribution in [2.45, 2.75) is 13.0 Å². The summed E-state index contributed by atoms with van der Waals surface area (Å²) in [6.07, 6.45) is 0.434. The summed E-state index contributed by atoms with van der Waals surface area (Å²) < 4.78 is 6.56. The highest BCUT2D eigenvalue weighted by molar-refractivity contribution is 14.1. The lowest BCUT2D eigenvalue weighted by atomic mass is 9.98. The molecule has 0 amide bonds. The van der Waals surface area contributed by atoms with Crippen molar-refractivity contribution in [2.24, 2.45) is 0 Å². The third-order valence-electron chi connectivity index (χ3n) is 5.15. The summed E-state index contributed by atoms with van der Waals surface area (Å²) in [5.41, 5.74) is 3.12. The number of aromatic hydroxyl groups is 1. The van der Waals surface area contributed by atoms with Gasteiger partial charge in [0.2, 0.25) is 0 Å². The number of hydrogen-bond acceptors (Lipinski definition) is 4. The number of ether oxygens (including phenoxy) is 1. The summed E-state index contributed by atoms with van der Waals surface area (Å²) in [5, 5.41) is 21.1. The van der Waals surface area contributed by atoms with Gasteiger partial charge >= 0.3 is 11.9 Å². The summed E-state index contributed by atoms with van der Waals surface area (Å²) in [5.74, 6) is -1.25. The van der Waals surface area contributed by atoms with Crippen LogP contribution >= 0.6 is 22.6 Å². The molecule has 160 valence electrons. The lowest BCUT2D eigenvalue weighted by Gasteiger charge is -2.10. The third kappa shape index (κ3) is 5.08. The van der Waals surface area contributed by atoms with Gasteiger partial charge in [-0.1, -0.05) is 30.3 Å². The summed E-state index contributed by atoms with van der Waals surface area (Å²) in [6, 6.07) is 23.0. The molecule has 0 saturated heterocycles. The van der Waals surface area contributed by atoms with Gasteiger partial charge in [-0.25, -0.2) is 9.59 Å². The van der Waals surface area contributed by atoms with E-state index in [2.05, 4.69) is 22.6 Å². The van der Waals surface area contributed by atoms with Gasteiger partial charge in [0, 0.05) is 9.99 Å². The Bertz CT molecular complexity index is 1290. The lowest BCUT2D eigenvalue weighted by Crippen LogP contribution is -2.05. The van der Waals surface area contributed by atoms with Crippen molar-refractivity contribution in [3.63, 3.8) is 0 Å². The molecule has 0 radical (unpaired) electrons. The van der Waals surface area contributed by atoms with Crippen LogP contribution in [0, 0.1) is 3.57 Å². The number of halogens is 1. The number of phenols is 1. The van der Waals surface area contributed by atoms with Crippen LogP contribution in [0.5, 0.6) is 5.75 Å². The Morgan fingerprint density at radius 3 is 2.12 bits per heavy atom. The van der Waals surface area contributed by atoms with Gasteiger partial charge in [-0.05, 0) is 98.6 Å². The predicted molar refractivity (Wildman–Crippen MR) is 130 cm³/mol. The second kappa shape index (κ2) is 9.40. The van der Waals surface area contributed by atoms with Crippen LogP contribution in [0.1, 0.15) is 37.4 Å². The number of rotatable bonds is 6. The molecule has 32 heavy (non-hydrogen) atoms. The number of carbonyl (C=O) groups excluding carboxylic acids is 1. The van der Waals surface area contributed by atoms with Crippen LogP contribution in [0.3, 0.4) is 0 Å². The topological polar surface area (TPSA) is 83.8 Å². The lowest BCUT2D eigenvalue weighted by molar-refractivity contribution is 0.0472. The Morgan fingerprint density at radius 2 is 1.44 bits per heavy atom. The Labute approximate surface area is 198 Å². The molecule has 0 aliphatic heterocycles. The molecule has 4 rings (SSSR count). The molecule has 2 N–H and O–H groups in total. The van der Waals surface area contributed by atoms with E-state index >= 15 is 0 Å². The molecule has 0 unspecified atom stereocenters. The summed E-state index contributed by atoms with van der Waals surface area (Å²) in [7, 11) is 0. The van der Waals surface area contributed by atoms with Crippen molar-refractivity contribution in [1.82, 2.24) is 0 Å². The van der Waals surface area contributed by atoms with Gasteiger partial charge in [0.05, 0.1) is 11.1 Å². The Morgan fingerprint density at radius 1 is 0.781 bits per heavy atom. The van der Waals surface area contributed by atoms with Crippen LogP contribution in [0.4, 0.5) is 0 Å². The molecule has 4 aromatic carbocycles. The van der Waals surface area contributed by atoms with E-state index in [0.29, 0.717) is 17.5 Å². The van der Waals surface area contributed by atoms with E-state index in [1.807, 2.05) is 30.3 Å². The van der Waals surface area contributed by atoms with Crippen molar-refractivity contribution >= 4 is 45.3 Å². The third-order valence-corrected chi connectivity index (χ3v) is 5.87. The van der Waals surface area contributed by atoms with E-state index in [4.69, 9.17) is 9.84 Å². The number of benzene rings is 4. The highest BCUT2D eigenvalue weighted by Crippen LogP contribution is 2.28. The summed E-state index contributed by atoms with van der Waals surface area (Å²) >= 11 is 2.22. The number of phenolic OH excluding ortho intramolecular Hbond substituents is 1. The number of carbonyl (C=O) groups is 2. The molecule has 0 aliphatic carbocycles. The fourth-order valence-electron chi connectivity index (χ4n) is 3.40. The fourth-order valence-corrected chi connectivity index (χ4v) is 3.76. The first-order chi connectivity index (χ1) is 15.4. The van der Waals surface area contributed by atoms with E-state index in [0.717, 1.165) is 25.5 Å². The maximum atomic E-state index is 12.5. The molecule has 6 heteroatoms. The first-order valence-electron chi connectivity index (χ1n) is 9.88. The zero-order valence-electron chi connectivity index (χ0n) is 16.9. The first kappa shape index (κ1) is 21.8. The number of fused-ring (bicyclic) bond motifs is 1. The second-order valence-electron chi connectivity index (χ2n) is 7.42. The minimum atomic E-state index is -0.980. The van der Waals surface area contributed by atoms with Crippen LogP contribution in [0.25, 0.3) is 10.8 Å². The number of carboxylic acid groups (broad SMARTS) is 1. The quantitative estimate of drug-likeness (QED) is 0.240. The molecule has 0 atom stereocenters. The van der Waals surface area contributed by atoms with Gasteiger partial charge in [0.1, 0.15) is 12.4 Å². The zero-order chi connectivity index (χ0) is 22.7. The first-order valence-corrected chi connectivity index (χ1v) is 11.0. The van der Waals surface area contributed by atoms with Gasteiger partial charge < -0.3 is 14.9 Å². The van der Waals surface area contributed by atoms with Crippen LogP contribution in [-0.4, -0.2) is 22.2 Å². The fraction of sp³-hybridized carbons (Fsp3) is 0.0769. The van der Waals surface area contributed by atoms with Crippen molar-refractivity contribution in [1.29, 1.82) is 0 Å². The standard InChI is InChI=1S/C26H19IO5/c27-23-9-3-17(4-10-23)15-32-26(31)20-8-7-19-14-24(28)22(13-21(19)12-20)11-16-1-5-18(6-2-16)25(29)30/h1-10,12-14,28H,11,15H2,(H,29,30). The van der Waals surface area contributed by atoms with E-state index in [-0.39, 0.29) is 17.9 Å². The Hall–Kier alpha value is -3.39. The van der Waals surface area contributed by atoms with Crippen molar-refractivity contribution < 1.29 is 24.5 Å². The van der Waals surface area contributed by atoms with Crippen molar-refractivity contribution in [3.8, 4) is 5.75 Å². The molecule has 0 saturated carbocycles. The van der Waals surface area contributed by atoms with Gasteiger partial charge in [0.25, 0.3) is 0 Å². The molecule has 0 aromatic heterocycles. The number of hydrogen-bond donors (Lipinski definition) is 2. The van der Waals surface area contributed by atoms with E-state index in [9.17, 15) is 14.7 Å². The average molecular weight is 538 g/mol. The summed E-state index contributed by atoms with van der Waals surface area (Å²) in [4.78, 5) is 23.6. The molecule has 0 aliphatic rings. The minimum absolute atomic E-state index is 0.147.